The quantitative estimate of drug-likeness (QED) is 0.591. The fourth-order valence-electron chi connectivity index (χ4n) is 1.86. The fourth-order valence-corrected chi connectivity index (χ4v) is 1.86. The first-order valence-electron chi connectivity index (χ1n) is 7.16. The van der Waals surface area contributed by atoms with Gasteiger partial charge >= 0.3 is 12.1 Å². The van der Waals surface area contributed by atoms with Crippen molar-refractivity contribution >= 4 is 12.1 Å². The number of alkyl carbamates (subject to hydrolysis) is 1. The number of carbonyl (C=O) groups is 2. The van der Waals surface area contributed by atoms with Gasteiger partial charge in [0.05, 0.1) is 13.0 Å². The summed E-state index contributed by atoms with van der Waals surface area (Å²) in [6.07, 6.45) is 2.00. The molecular formula is C16H23NO4. The zero-order chi connectivity index (χ0) is 15.5. The Balaban J connectivity index is 2.05. The summed E-state index contributed by atoms with van der Waals surface area (Å²) in [6.45, 7) is 2.65. The number of esters is 1. The fraction of sp³-hybridized carbons (Fsp3) is 0.500. The van der Waals surface area contributed by atoms with E-state index in [-0.39, 0.29) is 18.5 Å². The van der Waals surface area contributed by atoms with Crippen LogP contribution in [0.2, 0.25) is 0 Å². The molecule has 5 nitrogen and oxygen atoms in total. The number of unbranched alkanes of at least 4 members (excludes halogenated alkanes) is 1. The number of ether oxygens (including phenoxy) is 2. The Hall–Kier alpha value is -2.04. The Morgan fingerprint density at radius 1 is 1.19 bits per heavy atom. The van der Waals surface area contributed by atoms with E-state index in [1.807, 2.05) is 37.3 Å². The molecule has 0 bridgehead atoms. The summed E-state index contributed by atoms with van der Waals surface area (Å²) in [7, 11) is 1.39. The Labute approximate surface area is 125 Å². The van der Waals surface area contributed by atoms with Crippen molar-refractivity contribution in [2.45, 2.75) is 32.8 Å². The third-order valence-electron chi connectivity index (χ3n) is 3.15. The molecule has 5 heteroatoms. The minimum atomic E-state index is -0.417. The lowest BCUT2D eigenvalue weighted by Crippen LogP contribution is -2.25. The van der Waals surface area contributed by atoms with Crippen molar-refractivity contribution < 1.29 is 19.1 Å². The van der Waals surface area contributed by atoms with Gasteiger partial charge in [0.25, 0.3) is 0 Å². The standard InChI is InChI=1S/C16H23NO4/c1-13(15(18)20-2)8-6-7-11-17-16(19)21-12-14-9-4-3-5-10-14/h3-5,9-10,13H,6-8,11-12H2,1-2H3,(H,17,19). The Bertz CT molecular complexity index is 433. The maximum atomic E-state index is 11.5. The van der Waals surface area contributed by atoms with Crippen LogP contribution in [0.15, 0.2) is 30.3 Å². The van der Waals surface area contributed by atoms with Crippen molar-refractivity contribution in [2.24, 2.45) is 5.92 Å². The highest BCUT2D eigenvalue weighted by Gasteiger charge is 2.12. The molecule has 0 aliphatic heterocycles. The van der Waals surface area contributed by atoms with Crippen molar-refractivity contribution in [3.8, 4) is 0 Å². The monoisotopic (exact) mass is 293 g/mol. The smallest absolute Gasteiger partial charge is 0.407 e. The number of hydrogen-bond donors (Lipinski definition) is 1. The van der Waals surface area contributed by atoms with Crippen LogP contribution < -0.4 is 5.32 Å². The third kappa shape index (κ3) is 7.34. The van der Waals surface area contributed by atoms with E-state index < -0.39 is 6.09 Å². The minimum Gasteiger partial charge on any atom is -0.469 e. The lowest BCUT2D eigenvalue weighted by atomic mass is 10.0. The normalized spacial score (nSPS) is 11.5. The topological polar surface area (TPSA) is 64.6 Å². The van der Waals surface area contributed by atoms with Crippen molar-refractivity contribution in [3.63, 3.8) is 0 Å². The van der Waals surface area contributed by atoms with Gasteiger partial charge in [-0.1, -0.05) is 43.7 Å². The molecule has 0 radical (unpaired) electrons. The molecule has 1 rings (SSSR count). The first kappa shape index (κ1) is 17.0. The number of amides is 1. The molecule has 1 unspecified atom stereocenters. The largest absolute Gasteiger partial charge is 0.469 e. The number of rotatable bonds is 8. The Kier molecular flexibility index (Phi) is 7.94. The lowest BCUT2D eigenvalue weighted by Gasteiger charge is -2.09. The number of nitrogens with one attached hydrogen (secondary N) is 1. The Morgan fingerprint density at radius 3 is 2.57 bits per heavy atom. The molecule has 0 saturated heterocycles. The molecule has 1 amide bonds. The maximum Gasteiger partial charge on any atom is 0.407 e. The molecule has 0 fully saturated rings. The van der Waals surface area contributed by atoms with E-state index in [1.165, 1.54) is 7.11 Å². The van der Waals surface area contributed by atoms with Gasteiger partial charge in [0, 0.05) is 6.54 Å². The van der Waals surface area contributed by atoms with Crippen LogP contribution >= 0.6 is 0 Å². The molecule has 1 atom stereocenters. The number of carbonyl (C=O) groups excluding carboxylic acids is 2. The molecule has 116 valence electrons. The molecular weight excluding hydrogens is 270 g/mol. The molecule has 21 heavy (non-hydrogen) atoms. The summed E-state index contributed by atoms with van der Waals surface area (Å²) < 4.78 is 9.74. The zero-order valence-electron chi connectivity index (χ0n) is 12.6. The molecule has 0 aromatic heterocycles. The second-order valence-electron chi connectivity index (χ2n) is 4.91. The van der Waals surface area contributed by atoms with E-state index in [0.29, 0.717) is 6.54 Å². The van der Waals surface area contributed by atoms with Gasteiger partial charge in [-0.3, -0.25) is 4.79 Å². The lowest BCUT2D eigenvalue weighted by molar-refractivity contribution is -0.145. The van der Waals surface area contributed by atoms with Crippen LogP contribution in [0.25, 0.3) is 0 Å². The molecule has 0 spiro atoms. The maximum absolute atomic E-state index is 11.5. The van der Waals surface area contributed by atoms with Crippen LogP contribution in [-0.2, 0) is 20.9 Å². The van der Waals surface area contributed by atoms with Gasteiger partial charge in [-0.15, -0.1) is 0 Å². The molecule has 0 aliphatic rings. The second-order valence-corrected chi connectivity index (χ2v) is 4.91. The van der Waals surface area contributed by atoms with Crippen molar-refractivity contribution in [3.05, 3.63) is 35.9 Å². The summed E-state index contributed by atoms with van der Waals surface area (Å²) in [5.74, 6) is -0.287. The van der Waals surface area contributed by atoms with Crippen LogP contribution in [0.5, 0.6) is 0 Å². The number of methoxy groups -OCH3 is 1. The van der Waals surface area contributed by atoms with Gasteiger partial charge in [0.15, 0.2) is 0 Å². The van der Waals surface area contributed by atoms with Crippen LogP contribution in [0, 0.1) is 5.92 Å². The molecule has 0 aliphatic carbocycles. The highest BCUT2D eigenvalue weighted by Crippen LogP contribution is 2.08. The molecule has 1 aromatic carbocycles. The van der Waals surface area contributed by atoms with E-state index in [1.54, 1.807) is 0 Å². The SMILES string of the molecule is COC(=O)C(C)CCCCNC(=O)OCc1ccccc1. The predicted molar refractivity (Wildman–Crippen MR) is 79.7 cm³/mol. The van der Waals surface area contributed by atoms with Gasteiger partial charge < -0.3 is 14.8 Å². The van der Waals surface area contributed by atoms with E-state index in [0.717, 1.165) is 24.8 Å². The third-order valence-corrected chi connectivity index (χ3v) is 3.15. The second kappa shape index (κ2) is 9.80. The van der Waals surface area contributed by atoms with E-state index >= 15 is 0 Å². The highest BCUT2D eigenvalue weighted by atomic mass is 16.5. The van der Waals surface area contributed by atoms with E-state index in [2.05, 4.69) is 10.1 Å². The van der Waals surface area contributed by atoms with Gasteiger partial charge in [-0.05, 0) is 18.4 Å². The zero-order valence-corrected chi connectivity index (χ0v) is 12.6. The van der Waals surface area contributed by atoms with Crippen molar-refractivity contribution in [2.75, 3.05) is 13.7 Å². The predicted octanol–water partition coefficient (Wildman–Crippen LogP) is 2.89. The summed E-state index contributed by atoms with van der Waals surface area (Å²) in [6, 6.07) is 9.53. The summed E-state index contributed by atoms with van der Waals surface area (Å²) in [5, 5.41) is 2.69. The van der Waals surface area contributed by atoms with Crippen LogP contribution in [0.4, 0.5) is 4.79 Å². The van der Waals surface area contributed by atoms with E-state index in [4.69, 9.17) is 4.74 Å². The molecule has 0 heterocycles. The molecule has 1 N–H and O–H groups in total. The van der Waals surface area contributed by atoms with Gasteiger partial charge in [-0.2, -0.15) is 0 Å². The first-order chi connectivity index (χ1) is 10.1. The van der Waals surface area contributed by atoms with Crippen LogP contribution in [0.3, 0.4) is 0 Å². The first-order valence-corrected chi connectivity index (χ1v) is 7.16. The summed E-state index contributed by atoms with van der Waals surface area (Å²) >= 11 is 0. The minimum absolute atomic E-state index is 0.0972. The van der Waals surface area contributed by atoms with Gasteiger partial charge in [0.2, 0.25) is 0 Å². The Morgan fingerprint density at radius 2 is 1.90 bits per heavy atom. The number of benzene rings is 1. The molecule has 1 aromatic rings. The van der Waals surface area contributed by atoms with Gasteiger partial charge in [0.1, 0.15) is 6.61 Å². The van der Waals surface area contributed by atoms with E-state index in [9.17, 15) is 9.59 Å². The van der Waals surface area contributed by atoms with Crippen molar-refractivity contribution in [1.29, 1.82) is 0 Å². The van der Waals surface area contributed by atoms with Crippen molar-refractivity contribution in [1.82, 2.24) is 5.32 Å². The van der Waals surface area contributed by atoms with Crippen LogP contribution in [0.1, 0.15) is 31.7 Å². The summed E-state index contributed by atoms with van der Waals surface area (Å²) in [5.41, 5.74) is 0.958. The average molecular weight is 293 g/mol. The van der Waals surface area contributed by atoms with Crippen LogP contribution in [-0.4, -0.2) is 25.7 Å². The highest BCUT2D eigenvalue weighted by molar-refractivity contribution is 5.71. The molecule has 0 saturated carbocycles. The number of hydrogen-bond acceptors (Lipinski definition) is 4. The van der Waals surface area contributed by atoms with Gasteiger partial charge in [-0.25, -0.2) is 4.79 Å². The average Bonchev–Trinajstić information content (AvgIpc) is 2.52. The summed E-state index contributed by atoms with van der Waals surface area (Å²) in [4.78, 5) is 22.7.